The molecule has 0 aliphatic rings. The SMILES string of the molecule is CN(C)CCN(CC(=O)O)c1ncc(Cl)cc1[N+](=O)[O-]. The highest BCUT2D eigenvalue weighted by atomic mass is 35.5. The monoisotopic (exact) mass is 302 g/mol. The van der Waals surface area contributed by atoms with Crippen LogP contribution in [0, 0.1) is 10.1 Å². The number of carboxylic acid groups (broad SMARTS) is 1. The van der Waals surface area contributed by atoms with Crippen molar-refractivity contribution in [2.24, 2.45) is 0 Å². The predicted molar refractivity (Wildman–Crippen MR) is 74.3 cm³/mol. The highest BCUT2D eigenvalue weighted by molar-refractivity contribution is 6.30. The third-order valence-electron chi connectivity index (χ3n) is 2.45. The molecule has 0 saturated carbocycles. The molecule has 1 aromatic rings. The molecule has 0 aliphatic carbocycles. The molecule has 0 atom stereocenters. The second kappa shape index (κ2) is 7.01. The molecule has 0 aliphatic heterocycles. The first kappa shape index (κ1) is 16.1. The zero-order chi connectivity index (χ0) is 15.3. The lowest BCUT2D eigenvalue weighted by molar-refractivity contribution is -0.384. The third kappa shape index (κ3) is 4.63. The van der Waals surface area contributed by atoms with Crippen LogP contribution < -0.4 is 4.90 Å². The Hall–Kier alpha value is -1.93. The van der Waals surface area contributed by atoms with Gasteiger partial charge in [-0.15, -0.1) is 0 Å². The molecule has 0 spiro atoms. The molecule has 0 fully saturated rings. The van der Waals surface area contributed by atoms with Gasteiger partial charge in [0.25, 0.3) is 0 Å². The van der Waals surface area contributed by atoms with Gasteiger partial charge in [-0.2, -0.15) is 0 Å². The Bertz CT molecular complexity index is 509. The van der Waals surface area contributed by atoms with Gasteiger partial charge in [0.1, 0.15) is 6.54 Å². The standard InChI is InChI=1S/C11H15ClN4O4/c1-14(2)3-4-15(7-10(17)18)11-9(16(19)20)5-8(12)6-13-11/h5-6H,3-4,7H2,1-2H3,(H,17,18). The van der Waals surface area contributed by atoms with E-state index >= 15 is 0 Å². The van der Waals surface area contributed by atoms with Gasteiger partial charge in [-0.05, 0) is 14.1 Å². The van der Waals surface area contributed by atoms with Crippen molar-refractivity contribution >= 4 is 29.1 Å². The van der Waals surface area contributed by atoms with Crippen molar-refractivity contribution in [2.75, 3.05) is 38.6 Å². The molecular formula is C11H15ClN4O4. The first-order valence-electron chi connectivity index (χ1n) is 5.72. The second-order valence-corrected chi connectivity index (χ2v) is 4.81. The summed E-state index contributed by atoms with van der Waals surface area (Å²) in [4.78, 5) is 28.4. The molecule has 9 heteroatoms. The Kier molecular flexibility index (Phi) is 5.66. The van der Waals surface area contributed by atoms with Gasteiger partial charge in [-0.1, -0.05) is 11.6 Å². The van der Waals surface area contributed by atoms with Crippen LogP contribution in [0.3, 0.4) is 0 Å². The third-order valence-corrected chi connectivity index (χ3v) is 2.66. The fraction of sp³-hybridized carbons (Fsp3) is 0.455. The van der Waals surface area contributed by atoms with E-state index in [0.29, 0.717) is 13.1 Å². The summed E-state index contributed by atoms with van der Waals surface area (Å²) in [6.45, 7) is 0.465. The number of nitrogens with zero attached hydrogens (tertiary/aromatic N) is 4. The number of hydrogen-bond donors (Lipinski definition) is 1. The molecule has 8 nitrogen and oxygen atoms in total. The summed E-state index contributed by atoms with van der Waals surface area (Å²) in [5.41, 5.74) is -0.308. The van der Waals surface area contributed by atoms with Crippen molar-refractivity contribution in [1.29, 1.82) is 0 Å². The lowest BCUT2D eigenvalue weighted by Crippen LogP contribution is -2.36. The minimum Gasteiger partial charge on any atom is -0.480 e. The molecule has 1 N–H and O–H groups in total. The molecule has 1 rings (SSSR count). The number of anilines is 1. The van der Waals surface area contributed by atoms with Crippen LogP contribution in [0.15, 0.2) is 12.3 Å². The van der Waals surface area contributed by atoms with E-state index in [-0.39, 0.29) is 23.1 Å². The van der Waals surface area contributed by atoms with Crippen molar-refractivity contribution in [3.05, 3.63) is 27.4 Å². The van der Waals surface area contributed by atoms with Crippen LogP contribution in [0.5, 0.6) is 0 Å². The Morgan fingerprint density at radius 1 is 1.50 bits per heavy atom. The fourth-order valence-corrected chi connectivity index (χ4v) is 1.70. The van der Waals surface area contributed by atoms with Crippen molar-refractivity contribution < 1.29 is 14.8 Å². The number of hydrogen-bond acceptors (Lipinski definition) is 6. The van der Waals surface area contributed by atoms with Gasteiger partial charge in [-0.25, -0.2) is 4.98 Å². The number of halogens is 1. The first-order chi connectivity index (χ1) is 9.31. The number of aromatic nitrogens is 1. The fourth-order valence-electron chi connectivity index (χ4n) is 1.54. The summed E-state index contributed by atoms with van der Waals surface area (Å²) >= 11 is 5.69. The average molecular weight is 303 g/mol. The molecule has 0 radical (unpaired) electrons. The van der Waals surface area contributed by atoms with Crippen LogP contribution in [0.4, 0.5) is 11.5 Å². The van der Waals surface area contributed by atoms with Crippen LogP contribution in [0.25, 0.3) is 0 Å². The molecule has 1 aromatic heterocycles. The van der Waals surface area contributed by atoms with Crippen LogP contribution >= 0.6 is 11.6 Å². The average Bonchev–Trinajstić information content (AvgIpc) is 2.33. The van der Waals surface area contributed by atoms with E-state index in [1.165, 1.54) is 11.1 Å². The number of carbonyl (C=O) groups is 1. The number of pyridine rings is 1. The van der Waals surface area contributed by atoms with E-state index in [9.17, 15) is 14.9 Å². The first-order valence-corrected chi connectivity index (χ1v) is 6.10. The maximum Gasteiger partial charge on any atom is 0.323 e. The molecule has 0 aromatic carbocycles. The van der Waals surface area contributed by atoms with Gasteiger partial charge in [-0.3, -0.25) is 14.9 Å². The van der Waals surface area contributed by atoms with Crippen molar-refractivity contribution in [2.45, 2.75) is 0 Å². The Morgan fingerprint density at radius 3 is 2.65 bits per heavy atom. The number of aliphatic carboxylic acids is 1. The molecular weight excluding hydrogens is 288 g/mol. The molecule has 20 heavy (non-hydrogen) atoms. The van der Waals surface area contributed by atoms with Crippen LogP contribution in [0.1, 0.15) is 0 Å². The lowest BCUT2D eigenvalue weighted by atomic mass is 10.3. The topological polar surface area (TPSA) is 99.8 Å². The second-order valence-electron chi connectivity index (χ2n) is 4.37. The van der Waals surface area contributed by atoms with Gasteiger partial charge < -0.3 is 14.9 Å². The number of carboxylic acids is 1. The number of likely N-dealkylation sites (N-methyl/N-ethyl adjacent to an activating group) is 1. The van der Waals surface area contributed by atoms with Gasteiger partial charge in [0.15, 0.2) is 0 Å². The highest BCUT2D eigenvalue weighted by Crippen LogP contribution is 2.28. The zero-order valence-corrected chi connectivity index (χ0v) is 11.9. The lowest BCUT2D eigenvalue weighted by Gasteiger charge is -2.23. The molecule has 110 valence electrons. The van der Waals surface area contributed by atoms with Gasteiger partial charge >= 0.3 is 11.7 Å². The van der Waals surface area contributed by atoms with Gasteiger partial charge in [0.2, 0.25) is 5.82 Å². The zero-order valence-electron chi connectivity index (χ0n) is 11.1. The summed E-state index contributed by atoms with van der Waals surface area (Å²) in [7, 11) is 3.64. The van der Waals surface area contributed by atoms with Crippen LogP contribution in [0.2, 0.25) is 5.02 Å². The van der Waals surface area contributed by atoms with E-state index in [1.54, 1.807) is 0 Å². The molecule has 0 saturated heterocycles. The summed E-state index contributed by atoms with van der Waals surface area (Å²) in [6.07, 6.45) is 1.26. The van der Waals surface area contributed by atoms with Crippen molar-refractivity contribution in [3.8, 4) is 0 Å². The van der Waals surface area contributed by atoms with E-state index in [0.717, 1.165) is 6.07 Å². The Balaban J connectivity index is 3.11. The maximum absolute atomic E-state index is 11.0. The molecule has 1 heterocycles. The summed E-state index contributed by atoms with van der Waals surface area (Å²) in [5, 5.41) is 20.1. The summed E-state index contributed by atoms with van der Waals surface area (Å²) in [6, 6.07) is 1.16. The van der Waals surface area contributed by atoms with E-state index in [2.05, 4.69) is 4.98 Å². The minimum absolute atomic E-state index is 0.00338. The van der Waals surface area contributed by atoms with Crippen LogP contribution in [-0.4, -0.2) is 59.6 Å². The predicted octanol–water partition coefficient (Wildman–Crippen LogP) is 1.10. The van der Waals surface area contributed by atoms with E-state index in [4.69, 9.17) is 16.7 Å². The Labute approximate surface area is 120 Å². The summed E-state index contributed by atoms with van der Waals surface area (Å²) in [5.74, 6) is -1.08. The molecule has 0 amide bonds. The van der Waals surface area contributed by atoms with Crippen LogP contribution in [-0.2, 0) is 4.79 Å². The molecule has 0 unspecified atom stereocenters. The maximum atomic E-state index is 11.0. The van der Waals surface area contributed by atoms with E-state index in [1.807, 2.05) is 19.0 Å². The summed E-state index contributed by atoms with van der Waals surface area (Å²) < 4.78 is 0. The number of nitro groups is 1. The quantitative estimate of drug-likeness (QED) is 0.594. The van der Waals surface area contributed by atoms with E-state index < -0.39 is 10.9 Å². The normalized spacial score (nSPS) is 10.6. The van der Waals surface area contributed by atoms with Gasteiger partial charge in [0, 0.05) is 25.4 Å². The molecule has 0 bridgehead atoms. The van der Waals surface area contributed by atoms with Gasteiger partial charge in [0.05, 0.1) is 9.95 Å². The minimum atomic E-state index is -1.09. The Morgan fingerprint density at radius 2 is 2.15 bits per heavy atom. The highest BCUT2D eigenvalue weighted by Gasteiger charge is 2.23. The number of rotatable bonds is 7. The smallest absolute Gasteiger partial charge is 0.323 e. The van der Waals surface area contributed by atoms with Crippen molar-refractivity contribution in [3.63, 3.8) is 0 Å². The largest absolute Gasteiger partial charge is 0.480 e. The van der Waals surface area contributed by atoms with Crippen molar-refractivity contribution in [1.82, 2.24) is 9.88 Å².